The third-order valence-electron chi connectivity index (χ3n) is 3.93. The second-order valence-electron chi connectivity index (χ2n) is 5.59. The lowest BCUT2D eigenvalue weighted by Gasteiger charge is -2.21. The van der Waals surface area contributed by atoms with Crippen LogP contribution >= 0.6 is 11.3 Å². The van der Waals surface area contributed by atoms with E-state index in [1.807, 2.05) is 47.8 Å². The van der Waals surface area contributed by atoms with E-state index < -0.39 is 6.09 Å². The summed E-state index contributed by atoms with van der Waals surface area (Å²) >= 11 is 1.62. The monoisotopic (exact) mass is 341 g/mol. The molecule has 124 valence electrons. The summed E-state index contributed by atoms with van der Waals surface area (Å²) in [7, 11) is 1.58. The molecule has 4 nitrogen and oxygen atoms in total. The number of benzene rings is 2. The Bertz CT molecular complexity index is 811. The third kappa shape index (κ3) is 3.68. The summed E-state index contributed by atoms with van der Waals surface area (Å²) in [6.45, 7) is 0.419. The molecule has 1 aromatic heterocycles. The van der Waals surface area contributed by atoms with Gasteiger partial charge in [0.1, 0.15) is 11.9 Å². The van der Waals surface area contributed by atoms with Crippen molar-refractivity contribution >= 4 is 28.2 Å². The number of nitrogens with zero attached hydrogens (tertiary/aromatic N) is 1. The number of hydrogen-bond donors (Lipinski definition) is 1. The molecule has 0 aliphatic heterocycles. The maximum absolute atomic E-state index is 11.0. The molecule has 0 bridgehead atoms. The zero-order valence-electron chi connectivity index (χ0n) is 13.4. The molecular weight excluding hydrogens is 322 g/mol. The van der Waals surface area contributed by atoms with Gasteiger partial charge in [0.05, 0.1) is 0 Å². The van der Waals surface area contributed by atoms with E-state index in [2.05, 4.69) is 12.1 Å². The Kier molecular flexibility index (Phi) is 5.01. The van der Waals surface area contributed by atoms with Crippen LogP contribution in [0.1, 0.15) is 17.4 Å². The largest absolute Gasteiger partial charge is 0.484 e. The summed E-state index contributed by atoms with van der Waals surface area (Å²) < 4.78 is 6.29. The number of thiophene rings is 1. The van der Waals surface area contributed by atoms with E-state index in [1.54, 1.807) is 18.4 Å². The molecule has 0 saturated heterocycles. The SMILES string of the molecule is CN(CC[C@H](Oc1cccc2ccccc12)c1cccs1)C(=O)O. The van der Waals surface area contributed by atoms with Gasteiger partial charge in [-0.3, -0.25) is 0 Å². The van der Waals surface area contributed by atoms with Gasteiger partial charge >= 0.3 is 6.09 Å². The minimum atomic E-state index is -0.926. The highest BCUT2D eigenvalue weighted by molar-refractivity contribution is 7.10. The zero-order chi connectivity index (χ0) is 16.9. The molecule has 5 heteroatoms. The Labute approximate surface area is 144 Å². The number of ether oxygens (including phenoxy) is 1. The van der Waals surface area contributed by atoms with Crippen LogP contribution in [0.5, 0.6) is 5.75 Å². The van der Waals surface area contributed by atoms with Gasteiger partial charge in [0, 0.05) is 30.3 Å². The highest BCUT2D eigenvalue weighted by Gasteiger charge is 2.18. The molecule has 1 heterocycles. The summed E-state index contributed by atoms with van der Waals surface area (Å²) in [5.41, 5.74) is 0. The van der Waals surface area contributed by atoms with Crippen LogP contribution < -0.4 is 4.74 Å². The second-order valence-corrected chi connectivity index (χ2v) is 6.57. The summed E-state index contributed by atoms with van der Waals surface area (Å²) in [6, 6.07) is 18.1. The Balaban J connectivity index is 1.84. The summed E-state index contributed by atoms with van der Waals surface area (Å²) in [5.74, 6) is 0.824. The van der Waals surface area contributed by atoms with Gasteiger partial charge in [-0.15, -0.1) is 11.3 Å². The van der Waals surface area contributed by atoms with Crippen LogP contribution in [-0.2, 0) is 0 Å². The van der Waals surface area contributed by atoms with Crippen molar-refractivity contribution in [3.8, 4) is 5.75 Å². The third-order valence-corrected chi connectivity index (χ3v) is 4.90. The summed E-state index contributed by atoms with van der Waals surface area (Å²) in [4.78, 5) is 13.4. The van der Waals surface area contributed by atoms with E-state index in [9.17, 15) is 4.79 Å². The van der Waals surface area contributed by atoms with Gasteiger partial charge in [0.15, 0.2) is 0 Å². The highest BCUT2D eigenvalue weighted by Crippen LogP contribution is 2.32. The molecule has 0 radical (unpaired) electrons. The molecule has 1 atom stereocenters. The predicted octanol–water partition coefficient (Wildman–Crippen LogP) is 5.02. The van der Waals surface area contributed by atoms with Crippen molar-refractivity contribution < 1.29 is 14.6 Å². The minimum Gasteiger partial charge on any atom is -0.484 e. The smallest absolute Gasteiger partial charge is 0.407 e. The molecule has 0 spiro atoms. The van der Waals surface area contributed by atoms with Crippen molar-refractivity contribution in [2.24, 2.45) is 0 Å². The average Bonchev–Trinajstić information content (AvgIpc) is 3.12. The van der Waals surface area contributed by atoms with Crippen LogP contribution in [0.3, 0.4) is 0 Å². The van der Waals surface area contributed by atoms with Gasteiger partial charge in [-0.05, 0) is 22.9 Å². The van der Waals surface area contributed by atoms with Gasteiger partial charge < -0.3 is 14.7 Å². The topological polar surface area (TPSA) is 49.8 Å². The molecule has 1 N–H and O–H groups in total. The van der Waals surface area contributed by atoms with Crippen LogP contribution in [0.4, 0.5) is 4.79 Å². The van der Waals surface area contributed by atoms with Gasteiger partial charge in [-0.1, -0.05) is 42.5 Å². The Hall–Kier alpha value is -2.53. The van der Waals surface area contributed by atoms with Crippen LogP contribution in [0.25, 0.3) is 10.8 Å². The molecule has 0 fully saturated rings. The average molecular weight is 341 g/mol. The lowest BCUT2D eigenvalue weighted by molar-refractivity contribution is 0.141. The molecule has 1 amide bonds. The normalized spacial score (nSPS) is 12.0. The van der Waals surface area contributed by atoms with Crippen LogP contribution in [0.2, 0.25) is 0 Å². The molecule has 3 aromatic rings. The maximum atomic E-state index is 11.0. The number of fused-ring (bicyclic) bond motifs is 1. The molecule has 0 aliphatic carbocycles. The van der Waals surface area contributed by atoms with Crippen molar-refractivity contribution in [2.75, 3.05) is 13.6 Å². The first kappa shape index (κ1) is 16.3. The summed E-state index contributed by atoms with van der Waals surface area (Å²) in [5, 5.41) is 13.2. The van der Waals surface area contributed by atoms with Crippen LogP contribution in [-0.4, -0.2) is 29.7 Å². The fraction of sp³-hybridized carbons (Fsp3) is 0.211. The second kappa shape index (κ2) is 7.36. The number of hydrogen-bond acceptors (Lipinski definition) is 3. The molecular formula is C19H19NO3S. The number of carbonyl (C=O) groups is 1. The van der Waals surface area contributed by atoms with E-state index in [-0.39, 0.29) is 6.10 Å². The molecule has 3 rings (SSSR count). The molecule has 24 heavy (non-hydrogen) atoms. The maximum Gasteiger partial charge on any atom is 0.407 e. The van der Waals surface area contributed by atoms with Gasteiger partial charge in [0.25, 0.3) is 0 Å². The van der Waals surface area contributed by atoms with Crippen LogP contribution in [0.15, 0.2) is 60.0 Å². The lowest BCUT2D eigenvalue weighted by atomic mass is 10.1. The molecule has 0 unspecified atom stereocenters. The number of carboxylic acid groups (broad SMARTS) is 1. The molecule has 0 aliphatic rings. The van der Waals surface area contributed by atoms with E-state index in [0.29, 0.717) is 13.0 Å². The molecule has 0 saturated carbocycles. The summed E-state index contributed by atoms with van der Waals surface area (Å²) in [6.07, 6.45) is -0.491. The fourth-order valence-electron chi connectivity index (χ4n) is 2.59. The van der Waals surface area contributed by atoms with E-state index >= 15 is 0 Å². The Morgan fingerprint density at radius 1 is 1.17 bits per heavy atom. The number of rotatable bonds is 6. The Morgan fingerprint density at radius 3 is 2.71 bits per heavy atom. The van der Waals surface area contributed by atoms with Crippen molar-refractivity contribution in [1.29, 1.82) is 0 Å². The molecule has 2 aromatic carbocycles. The van der Waals surface area contributed by atoms with E-state index in [0.717, 1.165) is 21.4 Å². The lowest BCUT2D eigenvalue weighted by Crippen LogP contribution is -2.27. The van der Waals surface area contributed by atoms with Crippen LogP contribution in [0, 0.1) is 0 Å². The van der Waals surface area contributed by atoms with Gasteiger partial charge in [0.2, 0.25) is 0 Å². The van der Waals surface area contributed by atoms with Gasteiger partial charge in [-0.25, -0.2) is 4.79 Å². The first-order valence-corrected chi connectivity index (χ1v) is 8.65. The fourth-order valence-corrected chi connectivity index (χ4v) is 3.38. The van der Waals surface area contributed by atoms with E-state index in [4.69, 9.17) is 9.84 Å². The van der Waals surface area contributed by atoms with E-state index in [1.165, 1.54) is 4.90 Å². The first-order chi connectivity index (χ1) is 11.6. The van der Waals surface area contributed by atoms with Crippen molar-refractivity contribution in [1.82, 2.24) is 4.90 Å². The predicted molar refractivity (Wildman–Crippen MR) is 96.9 cm³/mol. The van der Waals surface area contributed by atoms with Crippen molar-refractivity contribution in [3.63, 3.8) is 0 Å². The van der Waals surface area contributed by atoms with Gasteiger partial charge in [-0.2, -0.15) is 0 Å². The minimum absolute atomic E-state index is 0.169. The van der Waals surface area contributed by atoms with Crippen molar-refractivity contribution in [2.45, 2.75) is 12.5 Å². The quantitative estimate of drug-likeness (QED) is 0.685. The first-order valence-electron chi connectivity index (χ1n) is 7.77. The van der Waals surface area contributed by atoms with Crippen molar-refractivity contribution in [3.05, 3.63) is 64.9 Å². The Morgan fingerprint density at radius 2 is 1.96 bits per heavy atom. The number of amides is 1. The highest BCUT2D eigenvalue weighted by atomic mass is 32.1. The zero-order valence-corrected chi connectivity index (χ0v) is 14.2. The standard InChI is InChI=1S/C19H19NO3S/c1-20(19(21)22)12-11-17(18-10-5-13-24-18)23-16-9-4-7-14-6-2-3-8-15(14)16/h2-10,13,17H,11-12H2,1H3,(H,21,22)/t17-/m0/s1.